The fourth-order valence-corrected chi connectivity index (χ4v) is 4.38. The first kappa shape index (κ1) is 18.1. The molecule has 0 amide bonds. The smallest absolute Gasteiger partial charge is 0.358 e. The van der Waals surface area contributed by atoms with E-state index in [4.69, 9.17) is 4.42 Å². The van der Waals surface area contributed by atoms with Crippen molar-refractivity contribution in [1.82, 2.24) is 9.71 Å². The molecule has 0 spiro atoms. The number of aromatic nitrogens is 1. The van der Waals surface area contributed by atoms with E-state index in [0.717, 1.165) is 6.39 Å². The van der Waals surface area contributed by atoms with E-state index in [-0.39, 0.29) is 16.3 Å². The number of oxazole rings is 1. The Bertz CT molecular complexity index is 1090. The van der Waals surface area contributed by atoms with E-state index < -0.39 is 21.5 Å². The molecular weight excluding hydrogens is 356 g/mol. The Balaban J connectivity index is 2.26. The van der Waals surface area contributed by atoms with E-state index in [1.54, 1.807) is 45.0 Å². The van der Waals surface area contributed by atoms with E-state index in [1.807, 2.05) is 0 Å². The van der Waals surface area contributed by atoms with Gasteiger partial charge in [0.1, 0.15) is 0 Å². The number of hydrogen-bond donors (Lipinski definition) is 2. The Labute approximate surface area is 150 Å². The maximum Gasteiger partial charge on any atom is 0.358 e. The number of fused-ring (bicyclic) bond motifs is 1. The van der Waals surface area contributed by atoms with Crippen LogP contribution >= 0.6 is 0 Å². The summed E-state index contributed by atoms with van der Waals surface area (Å²) in [5, 5.41) is 10.3. The molecule has 0 fully saturated rings. The summed E-state index contributed by atoms with van der Waals surface area (Å²) in [6.07, 6.45) is 1.05. The number of carboxylic acids is 1. The van der Waals surface area contributed by atoms with Gasteiger partial charge < -0.3 is 9.52 Å². The maximum atomic E-state index is 12.8. The zero-order valence-electron chi connectivity index (χ0n) is 14.5. The molecule has 0 aliphatic rings. The van der Waals surface area contributed by atoms with Crippen LogP contribution in [-0.2, 0) is 10.0 Å². The average Bonchev–Trinajstić information content (AvgIpc) is 3.01. The van der Waals surface area contributed by atoms with Gasteiger partial charge in [-0.05, 0) is 38.3 Å². The van der Waals surface area contributed by atoms with Crippen LogP contribution in [0, 0.1) is 0 Å². The van der Waals surface area contributed by atoms with Gasteiger partial charge in [0.15, 0.2) is 17.8 Å². The summed E-state index contributed by atoms with van der Waals surface area (Å²) in [6.45, 7) is 5.28. The lowest BCUT2D eigenvalue weighted by Crippen LogP contribution is -2.40. The van der Waals surface area contributed by atoms with Gasteiger partial charge in [-0.3, -0.25) is 0 Å². The molecule has 3 rings (SSSR count). The molecule has 2 aromatic carbocycles. The van der Waals surface area contributed by atoms with Crippen LogP contribution in [-0.4, -0.2) is 30.0 Å². The zero-order valence-corrected chi connectivity index (χ0v) is 15.3. The predicted molar refractivity (Wildman–Crippen MR) is 96.5 cm³/mol. The summed E-state index contributed by atoms with van der Waals surface area (Å²) in [7, 11) is -3.77. The number of sulfonamides is 1. The van der Waals surface area contributed by atoms with E-state index in [2.05, 4.69) is 9.71 Å². The lowest BCUT2D eigenvalue weighted by Gasteiger charge is -2.21. The third-order valence-corrected chi connectivity index (χ3v) is 5.44. The molecule has 0 saturated carbocycles. The van der Waals surface area contributed by atoms with E-state index in [0.29, 0.717) is 16.3 Å². The number of carboxylic acid groups (broad SMARTS) is 1. The van der Waals surface area contributed by atoms with Crippen LogP contribution in [0.1, 0.15) is 31.3 Å². The van der Waals surface area contributed by atoms with Crippen LogP contribution in [0.25, 0.3) is 22.1 Å². The minimum atomic E-state index is -3.77. The molecule has 0 bridgehead atoms. The predicted octanol–water partition coefficient (Wildman–Crippen LogP) is 3.27. The third-order valence-electron chi connectivity index (χ3n) is 3.63. The molecule has 0 radical (unpaired) electrons. The summed E-state index contributed by atoms with van der Waals surface area (Å²) in [5.74, 6) is -1.13. The van der Waals surface area contributed by atoms with Crippen LogP contribution in [0.5, 0.6) is 0 Å². The van der Waals surface area contributed by atoms with Crippen molar-refractivity contribution >= 4 is 26.8 Å². The summed E-state index contributed by atoms with van der Waals surface area (Å²) >= 11 is 0. The van der Waals surface area contributed by atoms with E-state index >= 15 is 0 Å². The van der Waals surface area contributed by atoms with Gasteiger partial charge in [0.25, 0.3) is 0 Å². The normalized spacial score (nSPS) is 12.4. The first-order valence-corrected chi connectivity index (χ1v) is 9.31. The quantitative estimate of drug-likeness (QED) is 0.725. The van der Waals surface area contributed by atoms with Gasteiger partial charge >= 0.3 is 5.97 Å². The molecule has 1 aromatic heterocycles. The molecule has 3 aromatic rings. The number of benzene rings is 2. The van der Waals surface area contributed by atoms with Gasteiger partial charge in [0.2, 0.25) is 10.0 Å². The Morgan fingerprint density at radius 3 is 2.38 bits per heavy atom. The van der Waals surface area contributed by atoms with E-state index in [1.165, 1.54) is 12.1 Å². The highest BCUT2D eigenvalue weighted by molar-refractivity contribution is 7.89. The molecule has 8 heteroatoms. The number of rotatable bonds is 4. The van der Waals surface area contributed by atoms with Gasteiger partial charge in [-0.2, -0.15) is 0 Å². The molecular formula is C18H18N2O5S. The van der Waals surface area contributed by atoms with Gasteiger partial charge in [0, 0.05) is 16.5 Å². The van der Waals surface area contributed by atoms with E-state index in [9.17, 15) is 18.3 Å². The monoisotopic (exact) mass is 374 g/mol. The van der Waals surface area contributed by atoms with Crippen molar-refractivity contribution in [2.24, 2.45) is 0 Å². The second-order valence-corrected chi connectivity index (χ2v) is 8.50. The zero-order chi connectivity index (χ0) is 19.1. The third kappa shape index (κ3) is 3.33. The van der Waals surface area contributed by atoms with Crippen LogP contribution in [0.4, 0.5) is 0 Å². The van der Waals surface area contributed by atoms with Crippen molar-refractivity contribution in [1.29, 1.82) is 0 Å². The SMILES string of the molecule is CC(C)(C)NS(=O)(=O)c1ccc(-c2ocnc2C(=O)O)c2ccccc12. The molecule has 2 N–H and O–H groups in total. The topological polar surface area (TPSA) is 110 Å². The van der Waals surface area contributed by atoms with Crippen molar-refractivity contribution in [3.05, 3.63) is 48.5 Å². The van der Waals surface area contributed by atoms with Gasteiger partial charge in [-0.1, -0.05) is 24.3 Å². The van der Waals surface area contributed by atoms with Crippen LogP contribution in [0.2, 0.25) is 0 Å². The number of carbonyl (C=O) groups is 1. The van der Waals surface area contributed by atoms with Gasteiger partial charge in [0.05, 0.1) is 4.90 Å². The van der Waals surface area contributed by atoms with Crippen molar-refractivity contribution in [3.63, 3.8) is 0 Å². The van der Waals surface area contributed by atoms with Crippen LogP contribution in [0.15, 0.2) is 52.1 Å². The first-order chi connectivity index (χ1) is 12.1. The second-order valence-electron chi connectivity index (χ2n) is 6.85. The molecule has 0 aliphatic carbocycles. The van der Waals surface area contributed by atoms with Gasteiger partial charge in [-0.15, -0.1) is 0 Å². The lowest BCUT2D eigenvalue weighted by molar-refractivity contribution is 0.0691. The minimum Gasteiger partial charge on any atom is -0.476 e. The average molecular weight is 374 g/mol. The molecule has 0 unspecified atom stereocenters. The summed E-state index contributed by atoms with van der Waals surface area (Å²) < 4.78 is 33.5. The Hall–Kier alpha value is -2.71. The van der Waals surface area contributed by atoms with Gasteiger partial charge in [-0.25, -0.2) is 22.9 Å². The highest BCUT2D eigenvalue weighted by atomic mass is 32.2. The fourth-order valence-electron chi connectivity index (χ4n) is 2.75. The Kier molecular flexibility index (Phi) is 4.33. The fraction of sp³-hybridized carbons (Fsp3) is 0.222. The highest BCUT2D eigenvalue weighted by Crippen LogP contribution is 2.34. The number of aromatic carboxylic acids is 1. The molecule has 0 aliphatic heterocycles. The summed E-state index contributed by atoms with van der Waals surface area (Å²) in [5.41, 5.74) is -0.399. The minimum absolute atomic E-state index is 0.0847. The Morgan fingerprint density at radius 2 is 1.77 bits per heavy atom. The van der Waals surface area contributed by atoms with Crippen LogP contribution < -0.4 is 4.72 Å². The lowest BCUT2D eigenvalue weighted by atomic mass is 10.0. The highest BCUT2D eigenvalue weighted by Gasteiger charge is 2.26. The maximum absolute atomic E-state index is 12.8. The number of nitrogens with one attached hydrogen (secondary N) is 1. The first-order valence-electron chi connectivity index (χ1n) is 7.83. The molecule has 7 nitrogen and oxygen atoms in total. The van der Waals surface area contributed by atoms with Crippen molar-refractivity contribution in [3.8, 4) is 11.3 Å². The van der Waals surface area contributed by atoms with Crippen molar-refractivity contribution in [2.75, 3.05) is 0 Å². The number of hydrogen-bond acceptors (Lipinski definition) is 5. The van der Waals surface area contributed by atoms with Crippen LogP contribution in [0.3, 0.4) is 0 Å². The summed E-state index contributed by atoms with van der Waals surface area (Å²) in [6, 6.07) is 9.84. The van der Waals surface area contributed by atoms with Crippen molar-refractivity contribution in [2.45, 2.75) is 31.2 Å². The largest absolute Gasteiger partial charge is 0.476 e. The molecule has 0 atom stereocenters. The second kappa shape index (κ2) is 6.22. The Morgan fingerprint density at radius 1 is 1.12 bits per heavy atom. The number of nitrogens with zero attached hydrogens (tertiary/aromatic N) is 1. The van der Waals surface area contributed by atoms with Crippen molar-refractivity contribution < 1.29 is 22.7 Å². The molecule has 0 saturated heterocycles. The summed E-state index contributed by atoms with van der Waals surface area (Å²) in [4.78, 5) is 15.2. The standard InChI is InChI=1S/C18H18N2O5S/c1-18(2,3)20-26(23,24)14-9-8-13(11-6-4-5-7-12(11)14)16-15(17(21)22)19-10-25-16/h4-10,20H,1-3H3,(H,21,22). The molecule has 26 heavy (non-hydrogen) atoms. The molecule has 1 heterocycles. The molecule has 136 valence electrons.